The molecule has 0 radical (unpaired) electrons. The third-order valence-electron chi connectivity index (χ3n) is 2.52. The second-order valence-corrected chi connectivity index (χ2v) is 5.39. The van der Waals surface area contributed by atoms with E-state index in [1.165, 1.54) is 5.56 Å². The van der Waals surface area contributed by atoms with E-state index < -0.39 is 6.10 Å². The van der Waals surface area contributed by atoms with Gasteiger partial charge in [-0.2, -0.15) is 0 Å². The summed E-state index contributed by atoms with van der Waals surface area (Å²) < 4.78 is 5.52. The number of aliphatic hydroxyl groups excluding tert-OH is 1. The van der Waals surface area contributed by atoms with Gasteiger partial charge < -0.3 is 9.84 Å². The molecule has 1 rings (SSSR count). The quantitative estimate of drug-likeness (QED) is 0.851. The Morgan fingerprint density at radius 1 is 1.31 bits per heavy atom. The summed E-state index contributed by atoms with van der Waals surface area (Å²) in [6, 6.07) is 6.22. The van der Waals surface area contributed by atoms with E-state index in [1.807, 2.05) is 13.0 Å². The minimum absolute atomic E-state index is 0.160. The first-order valence-electron chi connectivity index (χ1n) is 5.72. The predicted molar refractivity (Wildman–Crippen MR) is 67.1 cm³/mol. The predicted octanol–water partition coefficient (Wildman–Crippen LogP) is 3.05. The molecule has 16 heavy (non-hydrogen) atoms. The highest BCUT2D eigenvalue weighted by atomic mass is 16.5. The number of aryl methyl sites for hydroxylation is 1. The summed E-state index contributed by atoms with van der Waals surface area (Å²) in [5, 5.41) is 9.16. The molecule has 0 amide bonds. The third-order valence-corrected chi connectivity index (χ3v) is 2.52. The van der Waals surface area contributed by atoms with Crippen molar-refractivity contribution in [2.45, 2.75) is 46.1 Å². The van der Waals surface area contributed by atoms with Gasteiger partial charge in [0.2, 0.25) is 0 Å². The molecule has 0 aliphatic rings. The number of hydrogen-bond acceptors (Lipinski definition) is 2. The van der Waals surface area contributed by atoms with Crippen LogP contribution in [0.5, 0.6) is 5.75 Å². The number of ether oxygens (including phenoxy) is 1. The van der Waals surface area contributed by atoms with E-state index in [2.05, 4.69) is 32.9 Å². The maximum absolute atomic E-state index is 9.16. The molecule has 0 spiro atoms. The lowest BCUT2D eigenvalue weighted by Crippen LogP contribution is -2.14. The lowest BCUT2D eigenvalue weighted by Gasteiger charge is -2.20. The van der Waals surface area contributed by atoms with E-state index in [1.54, 1.807) is 6.92 Å². The zero-order valence-corrected chi connectivity index (χ0v) is 10.9. The van der Waals surface area contributed by atoms with Gasteiger partial charge in [-0.1, -0.05) is 32.9 Å². The maximum atomic E-state index is 9.16. The Labute approximate surface area is 98.3 Å². The van der Waals surface area contributed by atoms with Crippen LogP contribution in [-0.2, 0) is 5.41 Å². The zero-order valence-electron chi connectivity index (χ0n) is 10.9. The molecule has 1 unspecified atom stereocenters. The van der Waals surface area contributed by atoms with Gasteiger partial charge in [0.15, 0.2) is 0 Å². The zero-order chi connectivity index (χ0) is 12.3. The van der Waals surface area contributed by atoms with Gasteiger partial charge in [0.05, 0.1) is 6.10 Å². The fraction of sp³-hybridized carbons (Fsp3) is 0.571. The molecular weight excluding hydrogens is 200 g/mol. The number of rotatable bonds is 3. The molecule has 0 aliphatic heterocycles. The van der Waals surface area contributed by atoms with Gasteiger partial charge in [-0.25, -0.2) is 0 Å². The molecule has 2 nitrogen and oxygen atoms in total. The Morgan fingerprint density at radius 2 is 1.94 bits per heavy atom. The Bertz CT molecular complexity index is 348. The molecule has 0 bridgehead atoms. The molecular formula is C14H22O2. The van der Waals surface area contributed by atoms with Crippen molar-refractivity contribution in [2.75, 3.05) is 6.61 Å². The van der Waals surface area contributed by atoms with Crippen LogP contribution < -0.4 is 4.74 Å². The van der Waals surface area contributed by atoms with Crippen LogP contribution in [0.1, 0.15) is 38.8 Å². The number of aliphatic hydroxyl groups is 1. The summed E-state index contributed by atoms with van der Waals surface area (Å²) in [4.78, 5) is 0. The molecule has 0 saturated heterocycles. The molecule has 1 aromatic rings. The Balaban J connectivity index is 2.84. The van der Waals surface area contributed by atoms with Crippen molar-refractivity contribution in [3.63, 3.8) is 0 Å². The minimum Gasteiger partial charge on any atom is -0.491 e. The van der Waals surface area contributed by atoms with Crippen molar-refractivity contribution in [1.82, 2.24) is 0 Å². The molecule has 0 heterocycles. The average Bonchev–Trinajstić information content (AvgIpc) is 2.14. The van der Waals surface area contributed by atoms with Crippen LogP contribution >= 0.6 is 0 Å². The van der Waals surface area contributed by atoms with Crippen LogP contribution in [0.25, 0.3) is 0 Å². The largest absolute Gasteiger partial charge is 0.491 e. The van der Waals surface area contributed by atoms with E-state index >= 15 is 0 Å². The van der Waals surface area contributed by atoms with Gasteiger partial charge in [-0.05, 0) is 36.5 Å². The average molecular weight is 222 g/mol. The lowest BCUT2D eigenvalue weighted by molar-refractivity contribution is 0.122. The fourth-order valence-corrected chi connectivity index (χ4v) is 1.49. The second kappa shape index (κ2) is 4.88. The third kappa shape index (κ3) is 3.53. The summed E-state index contributed by atoms with van der Waals surface area (Å²) in [7, 11) is 0. The topological polar surface area (TPSA) is 29.5 Å². The second-order valence-electron chi connectivity index (χ2n) is 5.39. The van der Waals surface area contributed by atoms with Crippen LogP contribution in [0.2, 0.25) is 0 Å². The van der Waals surface area contributed by atoms with Crippen molar-refractivity contribution in [2.24, 2.45) is 0 Å². The summed E-state index contributed by atoms with van der Waals surface area (Å²) in [6.45, 7) is 10.7. The monoisotopic (exact) mass is 222 g/mol. The normalized spacial score (nSPS) is 13.6. The van der Waals surface area contributed by atoms with Gasteiger partial charge in [0, 0.05) is 0 Å². The standard InChI is InChI=1S/C14H22O2/c1-10-8-12(14(3,4)5)6-7-13(10)16-9-11(2)15/h6-8,11,15H,9H2,1-5H3. The van der Waals surface area contributed by atoms with Gasteiger partial charge in [-0.15, -0.1) is 0 Å². The summed E-state index contributed by atoms with van der Waals surface area (Å²) in [5.74, 6) is 0.855. The van der Waals surface area contributed by atoms with Crippen LogP contribution in [-0.4, -0.2) is 17.8 Å². The van der Waals surface area contributed by atoms with E-state index in [9.17, 15) is 0 Å². The fourth-order valence-electron chi connectivity index (χ4n) is 1.49. The molecule has 1 atom stereocenters. The highest BCUT2D eigenvalue weighted by molar-refractivity contribution is 5.38. The summed E-state index contributed by atoms with van der Waals surface area (Å²) in [6.07, 6.45) is -0.429. The Hall–Kier alpha value is -1.02. The molecule has 0 saturated carbocycles. The van der Waals surface area contributed by atoms with Crippen molar-refractivity contribution in [1.29, 1.82) is 0 Å². The van der Waals surface area contributed by atoms with E-state index in [-0.39, 0.29) is 5.41 Å². The molecule has 0 aromatic heterocycles. The van der Waals surface area contributed by atoms with Crippen molar-refractivity contribution >= 4 is 0 Å². The van der Waals surface area contributed by atoms with Gasteiger partial charge in [-0.3, -0.25) is 0 Å². The molecule has 2 heteroatoms. The van der Waals surface area contributed by atoms with Crippen LogP contribution in [0, 0.1) is 6.92 Å². The molecule has 90 valence electrons. The first-order valence-corrected chi connectivity index (χ1v) is 5.72. The highest BCUT2D eigenvalue weighted by Crippen LogP contribution is 2.27. The van der Waals surface area contributed by atoms with Crippen LogP contribution in [0.4, 0.5) is 0 Å². The van der Waals surface area contributed by atoms with Crippen molar-refractivity contribution < 1.29 is 9.84 Å². The Kier molecular flexibility index (Phi) is 3.98. The molecule has 1 N–H and O–H groups in total. The molecule has 0 fully saturated rings. The number of benzene rings is 1. The number of hydrogen-bond donors (Lipinski definition) is 1. The van der Waals surface area contributed by atoms with Crippen molar-refractivity contribution in [3.8, 4) is 5.75 Å². The Morgan fingerprint density at radius 3 is 2.38 bits per heavy atom. The molecule has 0 aliphatic carbocycles. The van der Waals surface area contributed by atoms with Crippen LogP contribution in [0.3, 0.4) is 0 Å². The summed E-state index contributed by atoms with van der Waals surface area (Å²) in [5.41, 5.74) is 2.58. The lowest BCUT2D eigenvalue weighted by atomic mass is 9.86. The first-order chi connectivity index (χ1) is 7.30. The smallest absolute Gasteiger partial charge is 0.122 e. The van der Waals surface area contributed by atoms with Gasteiger partial charge >= 0.3 is 0 Å². The van der Waals surface area contributed by atoms with E-state index in [4.69, 9.17) is 9.84 Å². The van der Waals surface area contributed by atoms with Gasteiger partial charge in [0.1, 0.15) is 12.4 Å². The van der Waals surface area contributed by atoms with Gasteiger partial charge in [0.25, 0.3) is 0 Å². The SMILES string of the molecule is Cc1cc(C(C)(C)C)ccc1OCC(C)O. The van der Waals surface area contributed by atoms with E-state index in [0.29, 0.717) is 6.61 Å². The molecule has 1 aromatic carbocycles. The summed E-state index contributed by atoms with van der Waals surface area (Å²) >= 11 is 0. The van der Waals surface area contributed by atoms with Crippen molar-refractivity contribution in [3.05, 3.63) is 29.3 Å². The first kappa shape index (κ1) is 13.0. The van der Waals surface area contributed by atoms with Crippen LogP contribution in [0.15, 0.2) is 18.2 Å². The minimum atomic E-state index is -0.429. The highest BCUT2D eigenvalue weighted by Gasteiger charge is 2.14. The van der Waals surface area contributed by atoms with E-state index in [0.717, 1.165) is 11.3 Å². The maximum Gasteiger partial charge on any atom is 0.122 e.